The van der Waals surface area contributed by atoms with Crippen molar-refractivity contribution in [3.8, 4) is 12.3 Å². The van der Waals surface area contributed by atoms with Gasteiger partial charge in [0.25, 0.3) is 11.8 Å². The van der Waals surface area contributed by atoms with Crippen LogP contribution in [-0.4, -0.2) is 49.0 Å². The van der Waals surface area contributed by atoms with E-state index in [1.807, 2.05) is 26.0 Å². The summed E-state index contributed by atoms with van der Waals surface area (Å²) >= 11 is 0. The van der Waals surface area contributed by atoms with E-state index in [2.05, 4.69) is 30.3 Å². The molecular weight excluding hydrogens is 426 g/mol. The standard InChI is InChI=1S/C28H37N3O3/c1-5-12-31(13-6-2)28(33)25-16-22(8-4)15-24(17-25)27(32)30-18-26(29)20-34-19-23-11-9-10-21(7-3)14-23/h4,9-11,14-17,26H,5-7,12-13,18-20,29H2,1-3H3,(H,30,32). The van der Waals surface area contributed by atoms with Crippen molar-refractivity contribution in [1.82, 2.24) is 10.2 Å². The predicted molar refractivity (Wildman–Crippen MR) is 137 cm³/mol. The first-order chi connectivity index (χ1) is 16.4. The fourth-order valence-corrected chi connectivity index (χ4v) is 3.66. The Morgan fingerprint density at radius 3 is 2.38 bits per heavy atom. The fraction of sp³-hybridized carbons (Fsp3) is 0.429. The Hall–Kier alpha value is -3.14. The van der Waals surface area contributed by atoms with Crippen LogP contribution >= 0.6 is 0 Å². The smallest absolute Gasteiger partial charge is 0.253 e. The maximum atomic E-state index is 13.0. The highest BCUT2D eigenvalue weighted by Gasteiger charge is 2.18. The number of ether oxygens (including phenoxy) is 1. The molecule has 0 saturated carbocycles. The van der Waals surface area contributed by atoms with Crippen LogP contribution in [0.4, 0.5) is 0 Å². The number of terminal acetylenes is 1. The number of amides is 2. The summed E-state index contributed by atoms with van der Waals surface area (Å²) in [6.45, 7) is 8.52. The second kappa shape index (κ2) is 14.2. The van der Waals surface area contributed by atoms with Crippen LogP contribution in [0.1, 0.15) is 71.0 Å². The number of rotatable bonds is 13. The number of nitrogens with two attached hydrogens (primary N) is 1. The summed E-state index contributed by atoms with van der Waals surface area (Å²) in [7, 11) is 0. The Kier molecular flexibility index (Phi) is 11.3. The van der Waals surface area contributed by atoms with Crippen LogP contribution < -0.4 is 11.1 Å². The van der Waals surface area contributed by atoms with Gasteiger partial charge in [0.15, 0.2) is 0 Å². The molecule has 3 N–H and O–H groups in total. The van der Waals surface area contributed by atoms with Gasteiger partial charge in [-0.1, -0.05) is 51.0 Å². The molecule has 0 saturated heterocycles. The van der Waals surface area contributed by atoms with E-state index in [1.54, 1.807) is 23.1 Å². The molecule has 0 aliphatic heterocycles. The summed E-state index contributed by atoms with van der Waals surface area (Å²) < 4.78 is 5.73. The van der Waals surface area contributed by atoms with E-state index in [0.717, 1.165) is 24.8 Å². The number of carbonyl (C=O) groups is 2. The lowest BCUT2D eigenvalue weighted by molar-refractivity contribution is 0.0755. The van der Waals surface area contributed by atoms with E-state index in [1.165, 1.54) is 5.56 Å². The van der Waals surface area contributed by atoms with E-state index >= 15 is 0 Å². The Balaban J connectivity index is 1.96. The van der Waals surface area contributed by atoms with Crippen LogP contribution in [0.2, 0.25) is 0 Å². The number of benzene rings is 2. The molecule has 0 radical (unpaired) electrons. The summed E-state index contributed by atoms with van der Waals surface area (Å²) in [5.74, 6) is 2.10. The van der Waals surface area contributed by atoms with Gasteiger partial charge in [0.2, 0.25) is 0 Å². The minimum absolute atomic E-state index is 0.118. The van der Waals surface area contributed by atoms with E-state index < -0.39 is 0 Å². The molecule has 0 spiro atoms. The van der Waals surface area contributed by atoms with E-state index in [-0.39, 0.29) is 24.4 Å². The van der Waals surface area contributed by atoms with E-state index in [9.17, 15) is 9.59 Å². The van der Waals surface area contributed by atoms with Gasteiger partial charge < -0.3 is 20.7 Å². The second-order valence-corrected chi connectivity index (χ2v) is 8.39. The third kappa shape index (κ3) is 8.33. The normalized spacial score (nSPS) is 11.5. The zero-order valence-electron chi connectivity index (χ0n) is 20.6. The molecule has 0 fully saturated rings. The molecule has 2 rings (SSSR count). The number of hydrogen-bond donors (Lipinski definition) is 2. The molecule has 2 amide bonds. The number of hydrogen-bond acceptors (Lipinski definition) is 4. The molecule has 0 heterocycles. The van der Waals surface area contributed by atoms with Gasteiger partial charge >= 0.3 is 0 Å². The summed E-state index contributed by atoms with van der Waals surface area (Å²) in [6.07, 6.45) is 8.27. The van der Waals surface area contributed by atoms with Gasteiger partial charge in [-0.05, 0) is 48.6 Å². The van der Waals surface area contributed by atoms with Crippen LogP contribution in [0.5, 0.6) is 0 Å². The van der Waals surface area contributed by atoms with Crippen LogP contribution in [0.15, 0.2) is 42.5 Å². The van der Waals surface area contributed by atoms with Gasteiger partial charge in [-0.3, -0.25) is 9.59 Å². The highest BCUT2D eigenvalue weighted by atomic mass is 16.5. The first kappa shape index (κ1) is 27.1. The number of aryl methyl sites for hydroxylation is 1. The van der Waals surface area contributed by atoms with Crippen molar-refractivity contribution >= 4 is 11.8 Å². The molecule has 182 valence electrons. The molecular formula is C28H37N3O3. The zero-order chi connectivity index (χ0) is 24.9. The van der Waals surface area contributed by atoms with Crippen molar-refractivity contribution in [3.05, 3.63) is 70.3 Å². The molecule has 1 unspecified atom stereocenters. The van der Waals surface area contributed by atoms with Gasteiger partial charge in [-0.2, -0.15) is 0 Å². The lowest BCUT2D eigenvalue weighted by Gasteiger charge is -2.22. The quantitative estimate of drug-likeness (QED) is 0.443. The summed E-state index contributed by atoms with van der Waals surface area (Å²) in [5.41, 5.74) is 9.74. The summed E-state index contributed by atoms with van der Waals surface area (Å²) in [5, 5.41) is 2.83. The van der Waals surface area contributed by atoms with Gasteiger partial charge in [0.1, 0.15) is 0 Å². The van der Waals surface area contributed by atoms with Gasteiger partial charge in [-0.15, -0.1) is 6.42 Å². The van der Waals surface area contributed by atoms with E-state index in [0.29, 0.717) is 43.0 Å². The maximum Gasteiger partial charge on any atom is 0.253 e. The molecule has 0 aliphatic carbocycles. The Bertz CT molecular complexity index is 991. The highest BCUT2D eigenvalue weighted by molar-refractivity contribution is 6.00. The van der Waals surface area contributed by atoms with Crippen LogP contribution in [0.25, 0.3) is 0 Å². The highest BCUT2D eigenvalue weighted by Crippen LogP contribution is 2.14. The van der Waals surface area contributed by atoms with Gasteiger partial charge in [0.05, 0.1) is 13.2 Å². The van der Waals surface area contributed by atoms with Crippen LogP contribution in [0.3, 0.4) is 0 Å². The van der Waals surface area contributed by atoms with Crippen molar-refractivity contribution < 1.29 is 14.3 Å². The molecule has 1 atom stereocenters. The van der Waals surface area contributed by atoms with Crippen LogP contribution in [-0.2, 0) is 17.8 Å². The SMILES string of the molecule is C#Cc1cc(C(=O)NCC(N)COCc2cccc(CC)c2)cc(C(=O)N(CCC)CCC)c1. The Morgan fingerprint density at radius 1 is 1.06 bits per heavy atom. The van der Waals surface area contributed by atoms with Crippen molar-refractivity contribution in [3.63, 3.8) is 0 Å². The van der Waals surface area contributed by atoms with Gasteiger partial charge in [-0.25, -0.2) is 0 Å². The van der Waals surface area contributed by atoms with E-state index in [4.69, 9.17) is 16.9 Å². The topological polar surface area (TPSA) is 84.7 Å². The van der Waals surface area contributed by atoms with Crippen molar-refractivity contribution in [2.45, 2.75) is 52.7 Å². The number of carbonyl (C=O) groups excluding carboxylic acids is 2. The minimum Gasteiger partial charge on any atom is -0.375 e. The maximum absolute atomic E-state index is 13.0. The number of nitrogens with zero attached hydrogens (tertiary/aromatic N) is 1. The molecule has 6 nitrogen and oxygen atoms in total. The molecule has 2 aromatic rings. The average molecular weight is 464 g/mol. The Labute approximate surface area is 203 Å². The third-order valence-corrected chi connectivity index (χ3v) is 5.41. The monoisotopic (exact) mass is 463 g/mol. The summed E-state index contributed by atoms with van der Waals surface area (Å²) in [6, 6.07) is 12.7. The minimum atomic E-state index is -0.361. The van der Waals surface area contributed by atoms with Crippen molar-refractivity contribution in [2.24, 2.45) is 5.73 Å². The van der Waals surface area contributed by atoms with Crippen LogP contribution in [0, 0.1) is 12.3 Å². The fourth-order valence-electron chi connectivity index (χ4n) is 3.66. The largest absolute Gasteiger partial charge is 0.375 e. The predicted octanol–water partition coefficient (Wildman–Crippen LogP) is 3.77. The zero-order valence-corrected chi connectivity index (χ0v) is 20.6. The first-order valence-electron chi connectivity index (χ1n) is 12.0. The molecule has 2 aromatic carbocycles. The average Bonchev–Trinajstić information content (AvgIpc) is 2.86. The third-order valence-electron chi connectivity index (χ3n) is 5.41. The molecule has 6 heteroatoms. The van der Waals surface area contributed by atoms with Crippen molar-refractivity contribution in [2.75, 3.05) is 26.2 Å². The molecule has 0 bridgehead atoms. The molecule has 0 aromatic heterocycles. The van der Waals surface area contributed by atoms with Gasteiger partial charge in [0, 0.05) is 42.4 Å². The second-order valence-electron chi connectivity index (χ2n) is 8.39. The lowest BCUT2D eigenvalue weighted by atomic mass is 10.0. The lowest BCUT2D eigenvalue weighted by Crippen LogP contribution is -2.40. The summed E-state index contributed by atoms with van der Waals surface area (Å²) in [4.78, 5) is 27.6. The first-order valence-corrected chi connectivity index (χ1v) is 12.0. The number of nitrogens with one attached hydrogen (secondary N) is 1. The molecule has 0 aliphatic rings. The van der Waals surface area contributed by atoms with Crippen molar-refractivity contribution in [1.29, 1.82) is 0 Å². The molecule has 34 heavy (non-hydrogen) atoms. The Morgan fingerprint density at radius 2 is 1.74 bits per heavy atom.